The lowest BCUT2D eigenvalue weighted by atomic mass is 10.1. The van der Waals surface area contributed by atoms with Crippen molar-refractivity contribution in [3.63, 3.8) is 0 Å². The van der Waals surface area contributed by atoms with Gasteiger partial charge in [0.2, 0.25) is 5.91 Å². The second kappa shape index (κ2) is 11.3. The van der Waals surface area contributed by atoms with Gasteiger partial charge in [-0.2, -0.15) is 0 Å². The number of anilines is 2. The first kappa shape index (κ1) is 23.2. The molecule has 1 fully saturated rings. The normalized spacial score (nSPS) is 14.0. The minimum absolute atomic E-state index is 0.167. The maximum Gasteiger partial charge on any atom is 0.230 e. The number of amides is 1. The molecule has 0 aliphatic carbocycles. The van der Waals surface area contributed by atoms with Gasteiger partial charge < -0.3 is 15.5 Å². The van der Waals surface area contributed by atoms with E-state index in [4.69, 9.17) is 23.8 Å². The van der Waals surface area contributed by atoms with Crippen LogP contribution in [0.15, 0.2) is 78.9 Å². The molecule has 1 saturated heterocycles. The monoisotopic (exact) mass is 478 g/mol. The van der Waals surface area contributed by atoms with Crippen LogP contribution in [-0.4, -0.2) is 42.1 Å². The predicted molar refractivity (Wildman–Crippen MR) is 140 cm³/mol. The first-order valence-electron chi connectivity index (χ1n) is 11.0. The zero-order valence-electron chi connectivity index (χ0n) is 18.3. The van der Waals surface area contributed by atoms with Gasteiger partial charge in [0, 0.05) is 49.1 Å². The van der Waals surface area contributed by atoms with Gasteiger partial charge in [-0.25, -0.2) is 0 Å². The lowest BCUT2D eigenvalue weighted by Crippen LogP contribution is -2.45. The van der Waals surface area contributed by atoms with Gasteiger partial charge in [-0.05, 0) is 59.7 Å². The standard InChI is InChI=1S/C26H27ClN4OS/c27-22-8-6-20(7-9-22)18-25(32)29-26(33)28-23-10-12-24(13-11-23)31-16-14-30(15-17-31)19-21-4-2-1-3-5-21/h1-13H,14-19H2,(H2,28,29,32,33). The maximum absolute atomic E-state index is 12.2. The predicted octanol–water partition coefficient (Wildman–Crippen LogP) is 4.72. The van der Waals surface area contributed by atoms with E-state index in [-0.39, 0.29) is 17.4 Å². The molecule has 4 rings (SSSR count). The van der Waals surface area contributed by atoms with Crippen LogP contribution in [0, 0.1) is 0 Å². The van der Waals surface area contributed by atoms with Gasteiger partial charge >= 0.3 is 0 Å². The van der Waals surface area contributed by atoms with Gasteiger partial charge in [-0.3, -0.25) is 9.69 Å². The molecule has 0 aromatic heterocycles. The molecule has 3 aromatic rings. The molecule has 0 bridgehead atoms. The number of hydrogen-bond donors (Lipinski definition) is 2. The molecular formula is C26H27ClN4OS. The lowest BCUT2D eigenvalue weighted by molar-refractivity contribution is -0.119. The van der Waals surface area contributed by atoms with Crippen molar-refractivity contribution < 1.29 is 4.79 Å². The number of halogens is 1. The summed E-state index contributed by atoms with van der Waals surface area (Å²) in [6, 6.07) is 26.0. The van der Waals surface area contributed by atoms with Crippen LogP contribution in [0.3, 0.4) is 0 Å². The molecule has 0 radical (unpaired) electrons. The summed E-state index contributed by atoms with van der Waals surface area (Å²) in [6.07, 6.45) is 0.244. The van der Waals surface area contributed by atoms with Crippen molar-refractivity contribution in [1.82, 2.24) is 10.2 Å². The van der Waals surface area contributed by atoms with E-state index in [9.17, 15) is 4.79 Å². The van der Waals surface area contributed by atoms with Gasteiger partial charge in [-0.1, -0.05) is 54.1 Å². The molecule has 1 heterocycles. The number of benzene rings is 3. The third-order valence-corrected chi connectivity index (χ3v) is 6.10. The summed E-state index contributed by atoms with van der Waals surface area (Å²) in [5.74, 6) is -0.167. The minimum Gasteiger partial charge on any atom is -0.369 e. The summed E-state index contributed by atoms with van der Waals surface area (Å²) in [6.45, 7) is 5.08. The van der Waals surface area contributed by atoms with Crippen LogP contribution < -0.4 is 15.5 Å². The van der Waals surface area contributed by atoms with E-state index < -0.39 is 0 Å². The van der Waals surface area contributed by atoms with Crippen LogP contribution in [0.25, 0.3) is 0 Å². The Morgan fingerprint density at radius 3 is 2.18 bits per heavy atom. The molecule has 0 unspecified atom stereocenters. The molecule has 170 valence electrons. The highest BCUT2D eigenvalue weighted by Crippen LogP contribution is 2.20. The Labute approximate surface area is 205 Å². The Balaban J connectivity index is 1.22. The number of nitrogens with one attached hydrogen (secondary N) is 2. The van der Waals surface area contributed by atoms with Crippen molar-refractivity contribution in [1.29, 1.82) is 0 Å². The summed E-state index contributed by atoms with van der Waals surface area (Å²) in [7, 11) is 0. The number of rotatable bonds is 6. The molecule has 5 nitrogen and oxygen atoms in total. The first-order valence-corrected chi connectivity index (χ1v) is 11.8. The maximum atomic E-state index is 12.2. The van der Waals surface area contributed by atoms with Gasteiger partial charge in [0.05, 0.1) is 6.42 Å². The molecule has 1 aliphatic heterocycles. The van der Waals surface area contributed by atoms with Crippen LogP contribution in [-0.2, 0) is 17.8 Å². The fourth-order valence-corrected chi connectivity index (χ4v) is 4.24. The zero-order chi connectivity index (χ0) is 23.0. The SMILES string of the molecule is O=C(Cc1ccc(Cl)cc1)NC(=S)Nc1ccc(N2CCN(Cc3ccccc3)CC2)cc1. The minimum atomic E-state index is -0.167. The Morgan fingerprint density at radius 2 is 1.52 bits per heavy atom. The molecule has 33 heavy (non-hydrogen) atoms. The van der Waals surface area contributed by atoms with E-state index in [2.05, 4.69) is 62.9 Å². The van der Waals surface area contributed by atoms with E-state index in [0.717, 1.165) is 44.0 Å². The highest BCUT2D eigenvalue weighted by molar-refractivity contribution is 7.80. The van der Waals surface area contributed by atoms with Crippen LogP contribution in [0.4, 0.5) is 11.4 Å². The molecule has 2 N–H and O–H groups in total. The van der Waals surface area contributed by atoms with Gasteiger partial charge in [0.1, 0.15) is 0 Å². The number of hydrogen-bond acceptors (Lipinski definition) is 4. The number of piperazine rings is 1. The van der Waals surface area contributed by atoms with Crippen molar-refractivity contribution in [3.05, 3.63) is 95.0 Å². The number of carbonyl (C=O) groups is 1. The molecule has 0 saturated carbocycles. The van der Waals surface area contributed by atoms with Gasteiger partial charge in [0.15, 0.2) is 5.11 Å². The van der Waals surface area contributed by atoms with Gasteiger partial charge in [-0.15, -0.1) is 0 Å². The summed E-state index contributed by atoms with van der Waals surface area (Å²) >= 11 is 11.2. The molecule has 0 atom stereocenters. The van der Waals surface area contributed by atoms with Crippen LogP contribution in [0.5, 0.6) is 0 Å². The van der Waals surface area contributed by atoms with Crippen LogP contribution >= 0.6 is 23.8 Å². The average molecular weight is 479 g/mol. The Hall–Kier alpha value is -2.93. The van der Waals surface area contributed by atoms with Crippen LogP contribution in [0.2, 0.25) is 5.02 Å². The smallest absolute Gasteiger partial charge is 0.230 e. The summed E-state index contributed by atoms with van der Waals surface area (Å²) in [5.41, 5.74) is 4.28. The van der Waals surface area contributed by atoms with Crippen molar-refractivity contribution in [2.45, 2.75) is 13.0 Å². The summed E-state index contributed by atoms with van der Waals surface area (Å²) < 4.78 is 0. The molecular weight excluding hydrogens is 452 g/mol. The highest BCUT2D eigenvalue weighted by Gasteiger charge is 2.17. The fourth-order valence-electron chi connectivity index (χ4n) is 3.88. The summed E-state index contributed by atoms with van der Waals surface area (Å²) in [5, 5.41) is 6.75. The highest BCUT2D eigenvalue weighted by atomic mass is 35.5. The average Bonchev–Trinajstić information content (AvgIpc) is 2.82. The van der Waals surface area contributed by atoms with E-state index in [1.54, 1.807) is 12.1 Å². The number of nitrogens with zero attached hydrogens (tertiary/aromatic N) is 2. The molecule has 1 aliphatic rings. The van der Waals surface area contributed by atoms with Gasteiger partial charge in [0.25, 0.3) is 0 Å². The molecule has 3 aromatic carbocycles. The Kier molecular flexibility index (Phi) is 7.94. The molecule has 7 heteroatoms. The number of thiocarbonyl (C=S) groups is 1. The number of carbonyl (C=O) groups excluding carboxylic acids is 1. The van der Waals surface area contributed by atoms with Crippen LogP contribution in [0.1, 0.15) is 11.1 Å². The molecule has 0 spiro atoms. The van der Waals surface area contributed by atoms with Crippen molar-refractivity contribution in [2.24, 2.45) is 0 Å². The Morgan fingerprint density at radius 1 is 0.848 bits per heavy atom. The topological polar surface area (TPSA) is 47.6 Å². The Bertz CT molecular complexity index is 1070. The second-order valence-electron chi connectivity index (χ2n) is 8.10. The molecule has 1 amide bonds. The van der Waals surface area contributed by atoms with Crippen molar-refractivity contribution in [3.8, 4) is 0 Å². The van der Waals surface area contributed by atoms with E-state index in [0.29, 0.717) is 5.02 Å². The summed E-state index contributed by atoms with van der Waals surface area (Å²) in [4.78, 5) is 17.1. The first-order chi connectivity index (χ1) is 16.0. The fraction of sp³-hybridized carbons (Fsp3) is 0.231. The van der Waals surface area contributed by atoms with E-state index >= 15 is 0 Å². The van der Waals surface area contributed by atoms with E-state index in [1.165, 1.54) is 11.3 Å². The quantitative estimate of drug-likeness (QED) is 0.502. The van der Waals surface area contributed by atoms with Crippen molar-refractivity contribution >= 4 is 46.2 Å². The lowest BCUT2D eigenvalue weighted by Gasteiger charge is -2.36. The third-order valence-electron chi connectivity index (χ3n) is 5.64. The van der Waals surface area contributed by atoms with E-state index in [1.807, 2.05) is 24.3 Å². The second-order valence-corrected chi connectivity index (χ2v) is 8.95. The zero-order valence-corrected chi connectivity index (χ0v) is 19.9. The third kappa shape index (κ3) is 7.02. The largest absolute Gasteiger partial charge is 0.369 e. The van der Waals surface area contributed by atoms with Crippen molar-refractivity contribution in [2.75, 3.05) is 36.4 Å².